The number of nitrogens with one attached hydrogen (secondary N) is 2. The summed E-state index contributed by atoms with van der Waals surface area (Å²) < 4.78 is 10.7. The van der Waals surface area contributed by atoms with Gasteiger partial charge in [-0.3, -0.25) is 0 Å². The van der Waals surface area contributed by atoms with Crippen LogP contribution in [0.4, 0.5) is 0 Å². The zero-order valence-corrected chi connectivity index (χ0v) is 19.2. The quantitative estimate of drug-likeness (QED) is 0.202. The van der Waals surface area contributed by atoms with E-state index in [0.717, 1.165) is 18.9 Å². The number of nitrogens with zero attached hydrogens (tertiary/aromatic N) is 3. The minimum absolute atomic E-state index is 0. The molecule has 0 saturated heterocycles. The molecule has 0 amide bonds. The molecule has 8 heteroatoms. The predicted molar refractivity (Wildman–Crippen MR) is 116 cm³/mol. The van der Waals surface area contributed by atoms with Gasteiger partial charge < -0.3 is 19.9 Å². The number of aromatic nitrogens is 2. The highest BCUT2D eigenvalue weighted by atomic mass is 127. The fourth-order valence-electron chi connectivity index (χ4n) is 2.47. The van der Waals surface area contributed by atoms with Crippen molar-refractivity contribution >= 4 is 29.9 Å². The third-order valence-corrected chi connectivity index (χ3v) is 3.85. The van der Waals surface area contributed by atoms with E-state index in [1.165, 1.54) is 25.7 Å². The summed E-state index contributed by atoms with van der Waals surface area (Å²) in [6.07, 6.45) is 6.07. The second-order valence-corrected chi connectivity index (χ2v) is 6.23. The van der Waals surface area contributed by atoms with E-state index >= 15 is 0 Å². The van der Waals surface area contributed by atoms with Crippen molar-refractivity contribution in [3.8, 4) is 0 Å². The van der Waals surface area contributed by atoms with Crippen molar-refractivity contribution in [3.63, 3.8) is 0 Å². The van der Waals surface area contributed by atoms with Gasteiger partial charge in [-0.25, -0.2) is 4.99 Å². The summed E-state index contributed by atoms with van der Waals surface area (Å²) >= 11 is 0. The maximum Gasteiger partial charge on any atom is 0.248 e. The Hall–Kier alpha value is -0.900. The molecule has 0 aromatic carbocycles. The van der Waals surface area contributed by atoms with Gasteiger partial charge >= 0.3 is 0 Å². The van der Waals surface area contributed by atoms with E-state index in [9.17, 15) is 0 Å². The molecule has 1 heterocycles. The molecule has 2 N–H and O–H groups in total. The van der Waals surface area contributed by atoms with Gasteiger partial charge in [0.05, 0.1) is 0 Å². The fourth-order valence-corrected chi connectivity index (χ4v) is 2.47. The molecule has 0 aliphatic rings. The van der Waals surface area contributed by atoms with Crippen LogP contribution in [-0.4, -0.2) is 35.3 Å². The van der Waals surface area contributed by atoms with Crippen molar-refractivity contribution in [1.29, 1.82) is 0 Å². The van der Waals surface area contributed by atoms with Crippen molar-refractivity contribution in [2.45, 2.75) is 85.4 Å². The Morgan fingerprint density at radius 3 is 2.62 bits per heavy atom. The van der Waals surface area contributed by atoms with Gasteiger partial charge in [-0.05, 0) is 34.1 Å². The Labute approximate surface area is 175 Å². The van der Waals surface area contributed by atoms with Crippen molar-refractivity contribution in [3.05, 3.63) is 11.7 Å². The van der Waals surface area contributed by atoms with Crippen LogP contribution in [0.5, 0.6) is 0 Å². The molecule has 1 rings (SSSR count). The highest BCUT2D eigenvalue weighted by molar-refractivity contribution is 14.0. The Balaban J connectivity index is 0.00000625. The monoisotopic (exact) mass is 481 g/mol. The smallest absolute Gasteiger partial charge is 0.248 e. The summed E-state index contributed by atoms with van der Waals surface area (Å²) in [5.41, 5.74) is 0. The summed E-state index contributed by atoms with van der Waals surface area (Å²) in [6.45, 7) is 12.1. The number of ether oxygens (including phenoxy) is 1. The van der Waals surface area contributed by atoms with Crippen LogP contribution in [0, 0.1) is 0 Å². The van der Waals surface area contributed by atoms with E-state index in [4.69, 9.17) is 9.26 Å². The average Bonchev–Trinajstić information content (AvgIpc) is 3.06. The Morgan fingerprint density at radius 1 is 1.19 bits per heavy atom. The molecule has 0 fully saturated rings. The maximum atomic E-state index is 5.47. The van der Waals surface area contributed by atoms with E-state index < -0.39 is 0 Å². The van der Waals surface area contributed by atoms with Crippen LogP contribution < -0.4 is 10.6 Å². The molecule has 0 aliphatic heterocycles. The lowest BCUT2D eigenvalue weighted by molar-refractivity contribution is 0.0683. The molecule has 7 nitrogen and oxygen atoms in total. The minimum Gasteiger partial charge on any atom is -0.371 e. The summed E-state index contributed by atoms with van der Waals surface area (Å²) in [7, 11) is 0. The average molecular weight is 481 g/mol. The van der Waals surface area contributed by atoms with Gasteiger partial charge in [0.2, 0.25) is 5.89 Å². The zero-order chi connectivity index (χ0) is 18.5. The molecule has 1 aromatic rings. The molecule has 0 spiro atoms. The van der Waals surface area contributed by atoms with Crippen LogP contribution in [0.2, 0.25) is 0 Å². The number of unbranched alkanes of at least 4 members (excludes halogenated alkanes) is 3. The largest absolute Gasteiger partial charge is 0.371 e. The summed E-state index contributed by atoms with van der Waals surface area (Å²) in [4.78, 5) is 8.89. The minimum atomic E-state index is -0.166. The maximum absolute atomic E-state index is 5.47. The van der Waals surface area contributed by atoms with Crippen LogP contribution in [0.15, 0.2) is 9.52 Å². The SMILES string of the molecule is CCCCCCC(C)NC(=NCc1nc(C(C)OCC)no1)NCC.I. The molecule has 0 radical (unpaired) electrons. The first-order valence-corrected chi connectivity index (χ1v) is 9.59. The number of hydrogen-bond acceptors (Lipinski definition) is 5. The molecule has 152 valence electrons. The highest BCUT2D eigenvalue weighted by Crippen LogP contribution is 2.13. The molecule has 0 aliphatic carbocycles. The van der Waals surface area contributed by atoms with Gasteiger partial charge in [-0.15, -0.1) is 24.0 Å². The third-order valence-electron chi connectivity index (χ3n) is 3.85. The Kier molecular flexibility index (Phi) is 14.7. The number of rotatable bonds is 12. The number of aliphatic imine (C=N–C) groups is 1. The second kappa shape index (κ2) is 15.2. The Bertz CT molecular complexity index is 496. The molecule has 26 heavy (non-hydrogen) atoms. The molecular formula is C18H36IN5O2. The predicted octanol–water partition coefficient (Wildman–Crippen LogP) is 4.20. The van der Waals surface area contributed by atoms with Crippen molar-refractivity contribution in [1.82, 2.24) is 20.8 Å². The number of guanidine groups is 1. The van der Waals surface area contributed by atoms with Gasteiger partial charge in [-0.1, -0.05) is 37.8 Å². The zero-order valence-electron chi connectivity index (χ0n) is 16.9. The van der Waals surface area contributed by atoms with Gasteiger partial charge in [-0.2, -0.15) is 4.98 Å². The first-order valence-electron chi connectivity index (χ1n) is 9.59. The van der Waals surface area contributed by atoms with Crippen LogP contribution in [0.1, 0.15) is 84.5 Å². The van der Waals surface area contributed by atoms with Gasteiger partial charge in [0.25, 0.3) is 0 Å². The summed E-state index contributed by atoms with van der Waals surface area (Å²) in [6, 6.07) is 0.380. The van der Waals surface area contributed by atoms with Crippen LogP contribution in [0.3, 0.4) is 0 Å². The number of hydrogen-bond donors (Lipinski definition) is 2. The van der Waals surface area contributed by atoms with Crippen LogP contribution in [-0.2, 0) is 11.3 Å². The van der Waals surface area contributed by atoms with E-state index in [2.05, 4.69) is 46.5 Å². The third kappa shape index (κ3) is 10.3. The van der Waals surface area contributed by atoms with E-state index in [-0.39, 0.29) is 30.1 Å². The first kappa shape index (κ1) is 25.1. The van der Waals surface area contributed by atoms with Crippen molar-refractivity contribution < 1.29 is 9.26 Å². The number of halogens is 1. The first-order chi connectivity index (χ1) is 12.1. The van der Waals surface area contributed by atoms with Gasteiger partial charge in [0, 0.05) is 19.2 Å². The molecule has 0 saturated carbocycles. The summed E-state index contributed by atoms with van der Waals surface area (Å²) in [5.74, 6) is 1.84. The standard InChI is InChI=1S/C18H35N5O2.HI/c1-6-9-10-11-12-14(4)21-18(19-7-2)20-13-16-22-17(23-25-16)15(5)24-8-3;/h14-15H,6-13H2,1-5H3,(H2,19,20,21);1H. The van der Waals surface area contributed by atoms with Crippen molar-refractivity contribution in [2.24, 2.45) is 4.99 Å². The van der Waals surface area contributed by atoms with E-state index in [0.29, 0.717) is 30.9 Å². The summed E-state index contributed by atoms with van der Waals surface area (Å²) in [5, 5.41) is 10.7. The normalized spacial score (nSPS) is 13.8. The van der Waals surface area contributed by atoms with Crippen molar-refractivity contribution in [2.75, 3.05) is 13.2 Å². The molecule has 2 atom stereocenters. The second-order valence-electron chi connectivity index (χ2n) is 6.23. The Morgan fingerprint density at radius 2 is 1.96 bits per heavy atom. The molecule has 0 bridgehead atoms. The highest BCUT2D eigenvalue weighted by Gasteiger charge is 2.13. The van der Waals surface area contributed by atoms with Crippen LogP contribution in [0.25, 0.3) is 0 Å². The van der Waals surface area contributed by atoms with Gasteiger partial charge in [0.1, 0.15) is 12.6 Å². The lowest BCUT2D eigenvalue weighted by Crippen LogP contribution is -2.42. The van der Waals surface area contributed by atoms with E-state index in [1.54, 1.807) is 0 Å². The topological polar surface area (TPSA) is 84.6 Å². The molecular weight excluding hydrogens is 445 g/mol. The molecule has 1 aromatic heterocycles. The van der Waals surface area contributed by atoms with E-state index in [1.807, 2.05) is 13.8 Å². The van der Waals surface area contributed by atoms with Gasteiger partial charge in [0.15, 0.2) is 11.8 Å². The lowest BCUT2D eigenvalue weighted by Gasteiger charge is -2.17. The van der Waals surface area contributed by atoms with Crippen LogP contribution >= 0.6 is 24.0 Å². The lowest BCUT2D eigenvalue weighted by atomic mass is 10.1. The molecule has 2 unspecified atom stereocenters. The fraction of sp³-hybridized carbons (Fsp3) is 0.833.